The van der Waals surface area contributed by atoms with Gasteiger partial charge in [-0.15, -0.1) is 0 Å². The predicted molar refractivity (Wildman–Crippen MR) is 82.5 cm³/mol. The van der Waals surface area contributed by atoms with Gasteiger partial charge in [-0.25, -0.2) is 4.98 Å². The van der Waals surface area contributed by atoms with Gasteiger partial charge in [0.15, 0.2) is 5.82 Å². The monoisotopic (exact) mass is 339 g/mol. The fourth-order valence-electron chi connectivity index (χ4n) is 1.87. The Labute approximate surface area is 136 Å². The first-order valence-corrected chi connectivity index (χ1v) is 7.12. The number of methoxy groups -OCH3 is 1. The van der Waals surface area contributed by atoms with Crippen LogP contribution in [0.2, 0.25) is 0 Å². The van der Waals surface area contributed by atoms with Gasteiger partial charge in [-0.2, -0.15) is 18.2 Å². The molecule has 1 heterocycles. The topological polar surface area (TPSA) is 64.1 Å². The van der Waals surface area contributed by atoms with E-state index in [1.54, 1.807) is 13.8 Å². The normalized spacial score (nSPS) is 11.5. The SMILES string of the molecule is COc1cnc(-c2cccc(C(F)(F)F)c2)c(NC(=O)C(C)C)n1. The predicted octanol–water partition coefficient (Wildman–Crippen LogP) is 3.77. The molecule has 8 heteroatoms. The molecule has 1 amide bonds. The standard InChI is InChI=1S/C16H16F3N3O2/c1-9(2)15(23)22-14-13(20-8-12(21-14)24-3)10-5-4-6-11(7-10)16(17,18)19/h4-9H,1-3H3,(H,21,22,23). The first-order chi connectivity index (χ1) is 11.2. The largest absolute Gasteiger partial charge is 0.480 e. The Kier molecular flexibility index (Phi) is 5.06. The van der Waals surface area contributed by atoms with Crippen molar-refractivity contribution in [2.24, 2.45) is 5.92 Å². The number of benzene rings is 1. The molecule has 0 fully saturated rings. The average molecular weight is 339 g/mol. The van der Waals surface area contributed by atoms with Gasteiger partial charge in [-0.1, -0.05) is 26.0 Å². The molecule has 0 spiro atoms. The van der Waals surface area contributed by atoms with Gasteiger partial charge in [0.2, 0.25) is 11.8 Å². The van der Waals surface area contributed by atoms with Gasteiger partial charge in [0.25, 0.3) is 0 Å². The second-order valence-electron chi connectivity index (χ2n) is 5.33. The van der Waals surface area contributed by atoms with Crippen LogP contribution in [-0.4, -0.2) is 23.0 Å². The van der Waals surface area contributed by atoms with E-state index >= 15 is 0 Å². The molecule has 2 rings (SSSR count). The van der Waals surface area contributed by atoms with Crippen LogP contribution in [0.25, 0.3) is 11.3 Å². The number of nitrogens with zero attached hydrogens (tertiary/aromatic N) is 2. The van der Waals surface area contributed by atoms with Crippen molar-refractivity contribution >= 4 is 11.7 Å². The summed E-state index contributed by atoms with van der Waals surface area (Å²) >= 11 is 0. The molecule has 1 aromatic carbocycles. The highest BCUT2D eigenvalue weighted by atomic mass is 19.4. The van der Waals surface area contributed by atoms with Crippen molar-refractivity contribution in [2.75, 3.05) is 12.4 Å². The molecular weight excluding hydrogens is 323 g/mol. The van der Waals surface area contributed by atoms with Crippen molar-refractivity contribution < 1.29 is 22.7 Å². The summed E-state index contributed by atoms with van der Waals surface area (Å²) < 4.78 is 43.6. The fourth-order valence-corrected chi connectivity index (χ4v) is 1.87. The number of carbonyl (C=O) groups is 1. The van der Waals surface area contributed by atoms with E-state index in [0.717, 1.165) is 12.1 Å². The van der Waals surface area contributed by atoms with E-state index in [-0.39, 0.29) is 34.8 Å². The van der Waals surface area contributed by atoms with Crippen LogP contribution in [-0.2, 0) is 11.0 Å². The van der Waals surface area contributed by atoms with Crippen molar-refractivity contribution in [1.29, 1.82) is 0 Å². The second-order valence-corrected chi connectivity index (χ2v) is 5.33. The molecule has 2 aromatic rings. The van der Waals surface area contributed by atoms with Gasteiger partial charge < -0.3 is 10.1 Å². The van der Waals surface area contributed by atoms with Crippen LogP contribution in [0.3, 0.4) is 0 Å². The van der Waals surface area contributed by atoms with E-state index in [9.17, 15) is 18.0 Å². The maximum absolute atomic E-state index is 12.9. The fraction of sp³-hybridized carbons (Fsp3) is 0.312. The second kappa shape index (κ2) is 6.86. The number of anilines is 1. The number of rotatable bonds is 4. The summed E-state index contributed by atoms with van der Waals surface area (Å²) in [6.07, 6.45) is -3.20. The minimum absolute atomic E-state index is 0.0485. The molecule has 24 heavy (non-hydrogen) atoms. The summed E-state index contributed by atoms with van der Waals surface area (Å²) in [7, 11) is 1.38. The summed E-state index contributed by atoms with van der Waals surface area (Å²) in [6.45, 7) is 3.37. The Morgan fingerprint density at radius 3 is 2.58 bits per heavy atom. The Morgan fingerprint density at radius 1 is 1.29 bits per heavy atom. The summed E-state index contributed by atoms with van der Waals surface area (Å²) in [5.74, 6) is -0.463. The maximum atomic E-state index is 12.9. The number of ether oxygens (including phenoxy) is 1. The summed E-state index contributed by atoms with van der Waals surface area (Å²) in [4.78, 5) is 20.1. The molecule has 0 radical (unpaired) electrons. The van der Waals surface area contributed by atoms with E-state index in [0.29, 0.717) is 0 Å². The third-order valence-electron chi connectivity index (χ3n) is 3.19. The number of carbonyl (C=O) groups excluding carboxylic acids is 1. The molecular formula is C16H16F3N3O2. The van der Waals surface area contributed by atoms with E-state index in [1.165, 1.54) is 25.4 Å². The Bertz CT molecular complexity index is 746. The number of amides is 1. The van der Waals surface area contributed by atoms with Crippen LogP contribution < -0.4 is 10.1 Å². The van der Waals surface area contributed by atoms with E-state index < -0.39 is 11.7 Å². The van der Waals surface area contributed by atoms with Crippen molar-refractivity contribution in [1.82, 2.24) is 9.97 Å². The van der Waals surface area contributed by atoms with Crippen LogP contribution in [0.15, 0.2) is 30.5 Å². The van der Waals surface area contributed by atoms with E-state index in [4.69, 9.17) is 4.74 Å². The number of aromatic nitrogens is 2. The van der Waals surface area contributed by atoms with Gasteiger partial charge >= 0.3 is 6.18 Å². The van der Waals surface area contributed by atoms with E-state index in [1.807, 2.05) is 0 Å². The van der Waals surface area contributed by atoms with Gasteiger partial charge in [-0.05, 0) is 12.1 Å². The number of hydrogen-bond acceptors (Lipinski definition) is 4. The van der Waals surface area contributed by atoms with Crippen molar-refractivity contribution in [3.05, 3.63) is 36.0 Å². The highest BCUT2D eigenvalue weighted by molar-refractivity contribution is 5.94. The van der Waals surface area contributed by atoms with Crippen LogP contribution >= 0.6 is 0 Å². The lowest BCUT2D eigenvalue weighted by Gasteiger charge is -2.13. The third-order valence-corrected chi connectivity index (χ3v) is 3.19. The smallest absolute Gasteiger partial charge is 0.416 e. The van der Waals surface area contributed by atoms with Gasteiger partial charge in [-0.3, -0.25) is 4.79 Å². The van der Waals surface area contributed by atoms with Crippen molar-refractivity contribution in [2.45, 2.75) is 20.0 Å². The zero-order valence-corrected chi connectivity index (χ0v) is 13.3. The van der Waals surface area contributed by atoms with Crippen LogP contribution in [0.1, 0.15) is 19.4 Å². The van der Waals surface area contributed by atoms with Crippen LogP contribution in [0.5, 0.6) is 5.88 Å². The molecule has 0 unspecified atom stereocenters. The highest BCUT2D eigenvalue weighted by Gasteiger charge is 2.30. The number of halogens is 3. The molecule has 0 bridgehead atoms. The molecule has 0 atom stereocenters. The first kappa shape index (κ1) is 17.7. The lowest BCUT2D eigenvalue weighted by molar-refractivity contribution is -0.137. The first-order valence-electron chi connectivity index (χ1n) is 7.12. The lowest BCUT2D eigenvalue weighted by Crippen LogP contribution is -2.19. The van der Waals surface area contributed by atoms with Crippen LogP contribution in [0.4, 0.5) is 19.0 Å². The van der Waals surface area contributed by atoms with Gasteiger partial charge in [0, 0.05) is 11.5 Å². The van der Waals surface area contributed by atoms with Gasteiger partial charge in [0.05, 0.1) is 18.9 Å². The van der Waals surface area contributed by atoms with Crippen LogP contribution in [0, 0.1) is 5.92 Å². The quantitative estimate of drug-likeness (QED) is 0.921. The molecule has 1 N–H and O–H groups in total. The molecule has 0 saturated carbocycles. The molecule has 0 aliphatic heterocycles. The summed E-state index contributed by atoms with van der Waals surface area (Å²) in [5, 5.41) is 2.57. The molecule has 1 aromatic heterocycles. The number of nitrogens with one attached hydrogen (secondary N) is 1. The van der Waals surface area contributed by atoms with Gasteiger partial charge in [0.1, 0.15) is 5.69 Å². The molecule has 5 nitrogen and oxygen atoms in total. The zero-order valence-electron chi connectivity index (χ0n) is 13.3. The van der Waals surface area contributed by atoms with E-state index in [2.05, 4.69) is 15.3 Å². The molecule has 0 saturated heterocycles. The lowest BCUT2D eigenvalue weighted by atomic mass is 10.1. The summed E-state index contributed by atoms with van der Waals surface area (Å²) in [6, 6.07) is 4.67. The number of alkyl halides is 3. The molecule has 128 valence electrons. The third kappa shape index (κ3) is 4.01. The minimum atomic E-state index is -4.47. The van der Waals surface area contributed by atoms with Crippen molar-refractivity contribution in [3.8, 4) is 17.1 Å². The number of hydrogen-bond donors (Lipinski definition) is 1. The van der Waals surface area contributed by atoms with Crippen molar-refractivity contribution in [3.63, 3.8) is 0 Å². The maximum Gasteiger partial charge on any atom is 0.416 e. The molecule has 0 aliphatic rings. The Balaban J connectivity index is 2.51. The summed E-state index contributed by atoms with van der Waals surface area (Å²) in [5.41, 5.74) is -0.478. The highest BCUT2D eigenvalue weighted by Crippen LogP contribution is 2.33. The zero-order chi connectivity index (χ0) is 17.9. The Morgan fingerprint density at radius 2 is 2.00 bits per heavy atom. The average Bonchev–Trinajstić information content (AvgIpc) is 2.54. The minimum Gasteiger partial charge on any atom is -0.480 e. The molecule has 0 aliphatic carbocycles. The Hall–Kier alpha value is -2.64.